The fourth-order valence-corrected chi connectivity index (χ4v) is 3.77. The van der Waals surface area contributed by atoms with Gasteiger partial charge in [-0.2, -0.15) is 5.10 Å². The molecule has 9 nitrogen and oxygen atoms in total. The molecule has 1 amide bonds. The van der Waals surface area contributed by atoms with Crippen LogP contribution < -0.4 is 19.6 Å². The first-order chi connectivity index (χ1) is 15.6. The molecule has 0 radical (unpaired) electrons. The molecule has 0 aliphatic carbocycles. The van der Waals surface area contributed by atoms with E-state index in [4.69, 9.17) is 14.2 Å². The van der Waals surface area contributed by atoms with Crippen LogP contribution in [0.2, 0.25) is 0 Å². The Kier molecular flexibility index (Phi) is 8.09. The summed E-state index contributed by atoms with van der Waals surface area (Å²) in [5.74, 6) is 2.25. The van der Waals surface area contributed by atoms with E-state index >= 15 is 0 Å². The predicted octanol–water partition coefficient (Wildman–Crippen LogP) is 3.23. The van der Waals surface area contributed by atoms with Crippen LogP contribution in [0.4, 0.5) is 0 Å². The van der Waals surface area contributed by atoms with Crippen molar-refractivity contribution in [1.82, 2.24) is 20.2 Å². The Morgan fingerprint density at radius 2 is 1.78 bits per heavy atom. The third kappa shape index (κ3) is 5.38. The fraction of sp³-hybridized carbons (Fsp3) is 0.273. The van der Waals surface area contributed by atoms with Crippen LogP contribution in [0.3, 0.4) is 0 Å². The van der Waals surface area contributed by atoms with Gasteiger partial charge in [0.2, 0.25) is 0 Å². The van der Waals surface area contributed by atoms with E-state index in [1.165, 1.54) is 32.2 Å². The highest BCUT2D eigenvalue weighted by atomic mass is 32.2. The van der Waals surface area contributed by atoms with Crippen molar-refractivity contribution in [1.29, 1.82) is 0 Å². The molecule has 0 fully saturated rings. The van der Waals surface area contributed by atoms with E-state index in [2.05, 4.69) is 20.7 Å². The van der Waals surface area contributed by atoms with Crippen molar-refractivity contribution in [3.8, 4) is 28.6 Å². The fourth-order valence-electron chi connectivity index (χ4n) is 2.97. The second-order valence-electron chi connectivity index (χ2n) is 6.44. The van der Waals surface area contributed by atoms with E-state index in [1.807, 2.05) is 41.8 Å². The average molecular weight is 456 g/mol. The number of carbonyl (C=O) groups excluding carboxylic acids is 1. The molecule has 1 aromatic heterocycles. The number of hydrogen-bond acceptors (Lipinski definition) is 8. The van der Waals surface area contributed by atoms with E-state index in [0.29, 0.717) is 34.5 Å². The first kappa shape index (κ1) is 23.1. The lowest BCUT2D eigenvalue weighted by Crippen LogP contribution is -2.20. The Hall–Kier alpha value is -3.53. The van der Waals surface area contributed by atoms with Crippen molar-refractivity contribution in [2.75, 3.05) is 27.1 Å². The molecule has 0 saturated carbocycles. The second kappa shape index (κ2) is 11.2. The molecule has 10 heteroatoms. The van der Waals surface area contributed by atoms with Crippen LogP contribution in [-0.4, -0.2) is 54.0 Å². The summed E-state index contributed by atoms with van der Waals surface area (Å²) in [5.41, 5.74) is 4.08. The molecule has 32 heavy (non-hydrogen) atoms. The number of carbonyl (C=O) groups is 1. The average Bonchev–Trinajstić information content (AvgIpc) is 3.26. The maximum atomic E-state index is 12.3. The summed E-state index contributed by atoms with van der Waals surface area (Å²) in [5, 5.41) is 13.2. The number of rotatable bonds is 10. The Balaban J connectivity index is 1.64. The molecular weight excluding hydrogens is 430 g/mol. The topological polar surface area (TPSA) is 99.9 Å². The normalized spacial score (nSPS) is 10.9. The highest BCUT2D eigenvalue weighted by Gasteiger charge is 2.15. The zero-order chi connectivity index (χ0) is 22.9. The van der Waals surface area contributed by atoms with Gasteiger partial charge in [0, 0.05) is 24.2 Å². The van der Waals surface area contributed by atoms with Gasteiger partial charge >= 0.3 is 0 Å². The third-order valence-electron chi connectivity index (χ3n) is 4.53. The van der Waals surface area contributed by atoms with Crippen molar-refractivity contribution in [3.63, 3.8) is 0 Å². The largest absolute Gasteiger partial charge is 0.496 e. The van der Waals surface area contributed by atoms with Gasteiger partial charge in [-0.3, -0.25) is 4.79 Å². The Labute approximate surface area is 190 Å². The van der Waals surface area contributed by atoms with Crippen LogP contribution in [0.15, 0.2) is 52.7 Å². The van der Waals surface area contributed by atoms with Gasteiger partial charge < -0.3 is 18.8 Å². The molecule has 1 N–H and O–H groups in total. The molecule has 3 aromatic rings. The lowest BCUT2D eigenvalue weighted by atomic mass is 10.2. The predicted molar refractivity (Wildman–Crippen MR) is 124 cm³/mol. The van der Waals surface area contributed by atoms with Crippen molar-refractivity contribution in [3.05, 3.63) is 48.0 Å². The number of hydrogen-bond donors (Lipinski definition) is 1. The van der Waals surface area contributed by atoms with Gasteiger partial charge in [-0.05, 0) is 6.92 Å². The monoisotopic (exact) mass is 455 g/mol. The van der Waals surface area contributed by atoms with E-state index in [1.54, 1.807) is 19.2 Å². The molecule has 0 spiro atoms. The minimum Gasteiger partial charge on any atom is -0.496 e. The van der Waals surface area contributed by atoms with Gasteiger partial charge in [0.25, 0.3) is 5.91 Å². The zero-order valence-corrected chi connectivity index (χ0v) is 19.2. The zero-order valence-electron chi connectivity index (χ0n) is 18.4. The number of ether oxygens (including phenoxy) is 3. The summed E-state index contributed by atoms with van der Waals surface area (Å²) in [6, 6.07) is 13.2. The smallest absolute Gasteiger partial charge is 0.250 e. The highest BCUT2D eigenvalue weighted by molar-refractivity contribution is 7.99. The van der Waals surface area contributed by atoms with Crippen LogP contribution in [0.1, 0.15) is 12.5 Å². The molecule has 0 atom stereocenters. The lowest BCUT2D eigenvalue weighted by molar-refractivity contribution is -0.118. The Morgan fingerprint density at radius 3 is 2.38 bits per heavy atom. The molecule has 0 aliphatic rings. The van der Waals surface area contributed by atoms with Crippen LogP contribution in [0, 0.1) is 0 Å². The van der Waals surface area contributed by atoms with Crippen LogP contribution >= 0.6 is 11.8 Å². The second-order valence-corrected chi connectivity index (χ2v) is 7.39. The number of nitrogens with one attached hydrogen (secondary N) is 1. The SMILES string of the molecule is CCn1c(SCC(=O)N/N=C/c2c(OC)cc(OC)cc2OC)nnc1-c1ccccc1. The molecule has 0 unspecified atom stereocenters. The quantitative estimate of drug-likeness (QED) is 0.285. The minimum atomic E-state index is -0.274. The van der Waals surface area contributed by atoms with Crippen LogP contribution in [-0.2, 0) is 11.3 Å². The molecular formula is C22H25N5O4S. The molecule has 0 saturated heterocycles. The number of nitrogens with zero attached hydrogens (tertiary/aromatic N) is 4. The highest BCUT2D eigenvalue weighted by Crippen LogP contribution is 2.32. The number of hydrazone groups is 1. The van der Waals surface area contributed by atoms with Gasteiger partial charge in [0.05, 0.1) is 38.9 Å². The summed E-state index contributed by atoms with van der Waals surface area (Å²) >= 11 is 1.30. The van der Waals surface area contributed by atoms with Crippen molar-refractivity contribution in [2.45, 2.75) is 18.6 Å². The number of benzene rings is 2. The number of methoxy groups -OCH3 is 3. The van der Waals surface area contributed by atoms with E-state index in [9.17, 15) is 4.79 Å². The van der Waals surface area contributed by atoms with E-state index in [-0.39, 0.29) is 11.7 Å². The summed E-state index contributed by atoms with van der Waals surface area (Å²) in [6.07, 6.45) is 1.47. The first-order valence-electron chi connectivity index (χ1n) is 9.84. The number of amides is 1. The van der Waals surface area contributed by atoms with E-state index in [0.717, 1.165) is 11.4 Å². The number of thioether (sulfide) groups is 1. The van der Waals surface area contributed by atoms with E-state index < -0.39 is 0 Å². The maximum absolute atomic E-state index is 12.3. The molecule has 0 bridgehead atoms. The lowest BCUT2D eigenvalue weighted by Gasteiger charge is -2.12. The third-order valence-corrected chi connectivity index (χ3v) is 5.50. The molecule has 2 aromatic carbocycles. The maximum Gasteiger partial charge on any atom is 0.250 e. The summed E-state index contributed by atoms with van der Waals surface area (Å²) in [6.45, 7) is 2.70. The Bertz CT molecular complexity index is 1060. The first-order valence-corrected chi connectivity index (χ1v) is 10.8. The summed E-state index contributed by atoms with van der Waals surface area (Å²) in [4.78, 5) is 12.3. The van der Waals surface area contributed by atoms with Crippen LogP contribution in [0.5, 0.6) is 17.2 Å². The minimum absolute atomic E-state index is 0.140. The molecule has 1 heterocycles. The summed E-state index contributed by atoms with van der Waals surface area (Å²) in [7, 11) is 4.63. The Morgan fingerprint density at radius 1 is 1.09 bits per heavy atom. The summed E-state index contributed by atoms with van der Waals surface area (Å²) < 4.78 is 17.9. The van der Waals surface area contributed by atoms with Crippen LogP contribution in [0.25, 0.3) is 11.4 Å². The van der Waals surface area contributed by atoms with Gasteiger partial charge in [0.1, 0.15) is 17.2 Å². The standard InChI is InChI=1S/C22H25N5O4S/c1-5-27-21(15-9-7-6-8-10-15)25-26-22(27)32-14-20(28)24-23-13-17-18(30-3)11-16(29-2)12-19(17)31-4/h6-13H,5,14H2,1-4H3,(H,24,28)/b23-13+. The van der Waals surface area contributed by atoms with Crippen molar-refractivity contribution < 1.29 is 19.0 Å². The molecule has 3 rings (SSSR count). The molecule has 168 valence electrons. The van der Waals surface area contributed by atoms with Crippen molar-refractivity contribution in [2.24, 2.45) is 5.10 Å². The van der Waals surface area contributed by atoms with Gasteiger partial charge in [-0.15, -0.1) is 10.2 Å². The van der Waals surface area contributed by atoms with Gasteiger partial charge in [-0.1, -0.05) is 42.1 Å². The van der Waals surface area contributed by atoms with Gasteiger partial charge in [0.15, 0.2) is 11.0 Å². The molecule has 0 aliphatic heterocycles. The number of aromatic nitrogens is 3. The van der Waals surface area contributed by atoms with Crippen molar-refractivity contribution >= 4 is 23.9 Å². The van der Waals surface area contributed by atoms with Gasteiger partial charge in [-0.25, -0.2) is 5.43 Å².